The zero-order chi connectivity index (χ0) is 20.8. The highest BCUT2D eigenvalue weighted by Crippen LogP contribution is 2.23. The predicted molar refractivity (Wildman–Crippen MR) is 117 cm³/mol. The summed E-state index contributed by atoms with van der Waals surface area (Å²) < 4.78 is 0. The second-order valence-electron chi connectivity index (χ2n) is 6.46. The molecule has 0 saturated carbocycles. The minimum Gasteiger partial charge on any atom is -0.478 e. The summed E-state index contributed by atoms with van der Waals surface area (Å²) in [7, 11) is 0. The molecule has 2 N–H and O–H groups in total. The summed E-state index contributed by atoms with van der Waals surface area (Å²) in [5.74, 6) is 0.599. The van der Waals surface area contributed by atoms with Gasteiger partial charge in [0, 0.05) is 22.9 Å². The number of hydrogen-bond acceptors (Lipinski definition) is 5. The maximum Gasteiger partial charge on any atom is 0.328 e. The number of benzene rings is 3. The van der Waals surface area contributed by atoms with Crippen molar-refractivity contribution in [3.05, 3.63) is 96.6 Å². The number of carboxylic acid groups (broad SMARTS) is 1. The predicted octanol–water partition coefficient (Wildman–Crippen LogP) is 5.05. The molecule has 0 aliphatic heterocycles. The van der Waals surface area contributed by atoms with Crippen LogP contribution in [-0.2, 0) is 4.79 Å². The lowest BCUT2D eigenvalue weighted by molar-refractivity contribution is -0.131. The first-order chi connectivity index (χ1) is 14.7. The smallest absolute Gasteiger partial charge is 0.328 e. The van der Waals surface area contributed by atoms with E-state index in [1.165, 1.54) is 6.08 Å². The lowest BCUT2D eigenvalue weighted by Gasteiger charge is -2.10. The molecule has 1 heterocycles. The summed E-state index contributed by atoms with van der Waals surface area (Å²) >= 11 is 0. The standard InChI is InChI=1S/C24H18N4O2/c29-21(30)16-13-17-11-14-20(15-12-17)25-24-27-22(18-7-3-1-4-8-18)26-23(28-24)19-9-5-2-6-10-19/h1-16H,(H,29,30)(H,25,26,27,28)/b16-13+. The van der Waals surface area contributed by atoms with Crippen molar-refractivity contribution in [1.29, 1.82) is 0 Å². The van der Waals surface area contributed by atoms with Crippen molar-refractivity contribution in [2.75, 3.05) is 5.32 Å². The van der Waals surface area contributed by atoms with E-state index in [0.29, 0.717) is 17.6 Å². The first-order valence-corrected chi connectivity index (χ1v) is 9.32. The maximum absolute atomic E-state index is 10.7. The number of anilines is 2. The first kappa shape index (κ1) is 19.0. The van der Waals surface area contributed by atoms with Gasteiger partial charge in [-0.05, 0) is 23.8 Å². The molecule has 30 heavy (non-hydrogen) atoms. The van der Waals surface area contributed by atoms with Gasteiger partial charge < -0.3 is 10.4 Å². The Hall–Kier alpha value is -4.32. The van der Waals surface area contributed by atoms with E-state index in [9.17, 15) is 4.79 Å². The molecule has 0 unspecified atom stereocenters. The van der Waals surface area contributed by atoms with Crippen molar-refractivity contribution in [3.8, 4) is 22.8 Å². The van der Waals surface area contributed by atoms with Gasteiger partial charge in [-0.25, -0.2) is 9.78 Å². The molecule has 0 bridgehead atoms. The van der Waals surface area contributed by atoms with Crippen LogP contribution in [0.15, 0.2) is 91.0 Å². The summed E-state index contributed by atoms with van der Waals surface area (Å²) in [4.78, 5) is 24.5. The van der Waals surface area contributed by atoms with Crippen LogP contribution in [0, 0.1) is 0 Å². The molecule has 1 aromatic heterocycles. The molecule has 146 valence electrons. The van der Waals surface area contributed by atoms with Crippen LogP contribution in [0.25, 0.3) is 28.9 Å². The van der Waals surface area contributed by atoms with Gasteiger partial charge >= 0.3 is 5.97 Å². The van der Waals surface area contributed by atoms with E-state index in [-0.39, 0.29) is 0 Å². The highest BCUT2D eigenvalue weighted by Gasteiger charge is 2.10. The highest BCUT2D eigenvalue weighted by atomic mass is 16.4. The number of aromatic nitrogens is 3. The Morgan fingerprint density at radius 2 is 1.27 bits per heavy atom. The second kappa shape index (κ2) is 8.79. The van der Waals surface area contributed by atoms with Crippen LogP contribution in [0.1, 0.15) is 5.56 Å². The third-order valence-electron chi connectivity index (χ3n) is 4.28. The molecule has 4 aromatic rings. The largest absolute Gasteiger partial charge is 0.478 e. The number of nitrogens with zero attached hydrogens (tertiary/aromatic N) is 3. The molecule has 4 rings (SSSR count). The van der Waals surface area contributed by atoms with Crippen molar-refractivity contribution in [2.45, 2.75) is 0 Å². The Balaban J connectivity index is 1.68. The summed E-state index contributed by atoms with van der Waals surface area (Å²) in [6.07, 6.45) is 2.64. The molecule has 0 fully saturated rings. The number of hydrogen-bond donors (Lipinski definition) is 2. The van der Waals surface area contributed by atoms with Gasteiger partial charge in [-0.15, -0.1) is 0 Å². The molecule has 0 radical (unpaired) electrons. The number of carboxylic acids is 1. The third-order valence-corrected chi connectivity index (χ3v) is 4.28. The van der Waals surface area contributed by atoms with Gasteiger partial charge in [0.25, 0.3) is 0 Å². The van der Waals surface area contributed by atoms with Crippen LogP contribution >= 0.6 is 0 Å². The van der Waals surface area contributed by atoms with Crippen molar-refractivity contribution in [1.82, 2.24) is 15.0 Å². The van der Waals surface area contributed by atoms with E-state index < -0.39 is 5.97 Å². The van der Waals surface area contributed by atoms with Gasteiger partial charge in [-0.1, -0.05) is 72.8 Å². The van der Waals surface area contributed by atoms with Crippen LogP contribution in [0.5, 0.6) is 0 Å². The fourth-order valence-electron chi connectivity index (χ4n) is 2.84. The monoisotopic (exact) mass is 394 g/mol. The first-order valence-electron chi connectivity index (χ1n) is 9.32. The van der Waals surface area contributed by atoms with Crippen molar-refractivity contribution >= 4 is 23.7 Å². The molecule has 0 aliphatic carbocycles. The number of nitrogens with one attached hydrogen (secondary N) is 1. The van der Waals surface area contributed by atoms with Crippen LogP contribution in [-0.4, -0.2) is 26.0 Å². The molecule has 3 aromatic carbocycles. The summed E-state index contributed by atoms with van der Waals surface area (Å²) in [6, 6.07) is 26.8. The Labute approximate surface area is 173 Å². The van der Waals surface area contributed by atoms with E-state index in [1.807, 2.05) is 84.9 Å². The molecular weight excluding hydrogens is 376 g/mol. The Bertz CT molecular complexity index is 1120. The van der Waals surface area contributed by atoms with Gasteiger partial charge in [0.2, 0.25) is 5.95 Å². The van der Waals surface area contributed by atoms with Gasteiger partial charge in [0.05, 0.1) is 0 Å². The Kier molecular flexibility index (Phi) is 5.57. The minimum absolute atomic E-state index is 0.427. The lowest BCUT2D eigenvalue weighted by atomic mass is 10.2. The minimum atomic E-state index is -0.982. The fourth-order valence-corrected chi connectivity index (χ4v) is 2.84. The molecule has 0 saturated heterocycles. The van der Waals surface area contributed by atoms with E-state index >= 15 is 0 Å². The van der Waals surface area contributed by atoms with Crippen molar-refractivity contribution < 1.29 is 9.90 Å². The zero-order valence-electron chi connectivity index (χ0n) is 15.9. The zero-order valence-corrected chi connectivity index (χ0v) is 15.9. The van der Waals surface area contributed by atoms with E-state index in [2.05, 4.69) is 20.3 Å². The topological polar surface area (TPSA) is 88.0 Å². The van der Waals surface area contributed by atoms with E-state index in [1.54, 1.807) is 0 Å². The quantitative estimate of drug-likeness (QED) is 0.445. The summed E-state index contributed by atoms with van der Waals surface area (Å²) in [5.41, 5.74) is 3.36. The molecular formula is C24H18N4O2. The van der Waals surface area contributed by atoms with Gasteiger partial charge in [0.1, 0.15) is 0 Å². The number of aliphatic carboxylic acids is 1. The molecule has 0 atom stereocenters. The van der Waals surface area contributed by atoms with E-state index in [4.69, 9.17) is 5.11 Å². The van der Waals surface area contributed by atoms with Crippen LogP contribution < -0.4 is 5.32 Å². The van der Waals surface area contributed by atoms with Crippen molar-refractivity contribution in [2.24, 2.45) is 0 Å². The Morgan fingerprint density at radius 1 is 0.733 bits per heavy atom. The average Bonchev–Trinajstić information content (AvgIpc) is 2.79. The number of carbonyl (C=O) groups is 1. The average molecular weight is 394 g/mol. The lowest BCUT2D eigenvalue weighted by Crippen LogP contribution is -2.03. The van der Waals surface area contributed by atoms with Crippen LogP contribution in [0.2, 0.25) is 0 Å². The fraction of sp³-hybridized carbons (Fsp3) is 0. The van der Waals surface area contributed by atoms with E-state index in [0.717, 1.165) is 28.5 Å². The highest BCUT2D eigenvalue weighted by molar-refractivity contribution is 5.85. The van der Waals surface area contributed by atoms with Crippen LogP contribution in [0.3, 0.4) is 0 Å². The summed E-state index contributed by atoms with van der Waals surface area (Å²) in [5, 5.41) is 12.0. The molecule has 0 spiro atoms. The van der Waals surface area contributed by atoms with Crippen LogP contribution in [0.4, 0.5) is 11.6 Å². The molecule has 6 nitrogen and oxygen atoms in total. The maximum atomic E-state index is 10.7. The molecule has 6 heteroatoms. The van der Waals surface area contributed by atoms with Gasteiger partial charge in [-0.3, -0.25) is 0 Å². The molecule has 0 aliphatic rings. The molecule has 0 amide bonds. The number of rotatable bonds is 6. The Morgan fingerprint density at radius 3 is 1.77 bits per heavy atom. The third kappa shape index (κ3) is 4.74. The van der Waals surface area contributed by atoms with Gasteiger partial charge in [0.15, 0.2) is 11.6 Å². The summed E-state index contributed by atoms with van der Waals surface area (Å²) in [6.45, 7) is 0. The second-order valence-corrected chi connectivity index (χ2v) is 6.46. The van der Waals surface area contributed by atoms with Crippen molar-refractivity contribution in [3.63, 3.8) is 0 Å². The van der Waals surface area contributed by atoms with Gasteiger partial charge in [-0.2, -0.15) is 9.97 Å². The SMILES string of the molecule is O=C(O)/C=C/c1ccc(Nc2nc(-c3ccccc3)nc(-c3ccccc3)n2)cc1. The normalized spacial score (nSPS) is 10.8.